The molecule has 1 aliphatic carbocycles. The van der Waals surface area contributed by atoms with Crippen molar-refractivity contribution in [2.75, 3.05) is 0 Å². The number of aryl methyl sites for hydroxylation is 2. The zero-order valence-corrected chi connectivity index (χ0v) is 17.1. The van der Waals surface area contributed by atoms with Gasteiger partial charge in [-0.25, -0.2) is 0 Å². The van der Waals surface area contributed by atoms with Crippen molar-refractivity contribution in [2.45, 2.75) is 26.7 Å². The summed E-state index contributed by atoms with van der Waals surface area (Å²) in [6.07, 6.45) is 4.61. The van der Waals surface area contributed by atoms with E-state index in [1.54, 1.807) is 36.4 Å². The van der Waals surface area contributed by atoms with Crippen molar-refractivity contribution in [1.29, 1.82) is 0 Å². The Hall–Kier alpha value is -2.30. The smallest absolute Gasteiger partial charge is 0.315 e. The second kappa shape index (κ2) is 8.80. The molecule has 0 N–H and O–H groups in total. The summed E-state index contributed by atoms with van der Waals surface area (Å²) in [4.78, 5) is 25.4. The van der Waals surface area contributed by atoms with E-state index in [4.69, 9.17) is 32.7 Å². The molecule has 0 radical (unpaired) electrons. The van der Waals surface area contributed by atoms with Crippen LogP contribution in [0.3, 0.4) is 0 Å². The average molecular weight is 419 g/mol. The number of hydrogen-bond donors (Lipinski definition) is 0. The van der Waals surface area contributed by atoms with Crippen molar-refractivity contribution in [3.05, 3.63) is 69.7 Å². The summed E-state index contributed by atoms with van der Waals surface area (Å²) in [6.45, 7) is 3.66. The first-order chi connectivity index (χ1) is 13.3. The van der Waals surface area contributed by atoms with Crippen LogP contribution >= 0.6 is 23.2 Å². The van der Waals surface area contributed by atoms with Crippen molar-refractivity contribution in [2.24, 2.45) is 11.8 Å². The fraction of sp³-hybridized carbons (Fsp3) is 0.273. The normalized spacial score (nSPS) is 18.6. The van der Waals surface area contributed by atoms with Crippen molar-refractivity contribution in [3.63, 3.8) is 0 Å². The van der Waals surface area contributed by atoms with Crippen LogP contribution in [0.15, 0.2) is 48.6 Å². The minimum Gasteiger partial charge on any atom is -0.426 e. The van der Waals surface area contributed by atoms with E-state index in [1.165, 1.54) is 0 Å². The molecular weight excluding hydrogens is 399 g/mol. The molecule has 1 aliphatic rings. The molecule has 0 aliphatic heterocycles. The minimum absolute atomic E-state index is 0.405. The summed E-state index contributed by atoms with van der Waals surface area (Å²) < 4.78 is 11.0. The van der Waals surface area contributed by atoms with Gasteiger partial charge in [0, 0.05) is 10.0 Å². The Kier molecular flexibility index (Phi) is 6.42. The highest BCUT2D eigenvalue weighted by Gasteiger charge is 2.37. The third kappa shape index (κ3) is 4.75. The van der Waals surface area contributed by atoms with E-state index in [9.17, 15) is 9.59 Å². The van der Waals surface area contributed by atoms with Crippen molar-refractivity contribution in [1.82, 2.24) is 0 Å². The fourth-order valence-corrected chi connectivity index (χ4v) is 3.32. The lowest BCUT2D eigenvalue weighted by atomic mass is 9.83. The quantitative estimate of drug-likeness (QED) is 0.362. The van der Waals surface area contributed by atoms with Crippen LogP contribution in [0, 0.1) is 25.7 Å². The van der Waals surface area contributed by atoms with Gasteiger partial charge in [-0.2, -0.15) is 0 Å². The summed E-state index contributed by atoms with van der Waals surface area (Å²) >= 11 is 12.0. The summed E-state index contributed by atoms with van der Waals surface area (Å²) in [5, 5.41) is 1.19. The Balaban J connectivity index is 1.72. The number of hydrogen-bond acceptors (Lipinski definition) is 4. The molecule has 0 aromatic heterocycles. The standard InChI is InChI=1S/C22H20Cl2O4/c1-13-11-15(7-9-19(13)23)27-21(25)17-5-3-4-6-18(17)22(26)28-16-8-10-20(24)14(2)12-16/h3-4,7-12,17-18H,5-6H2,1-2H3. The lowest BCUT2D eigenvalue weighted by Crippen LogP contribution is -2.36. The highest BCUT2D eigenvalue weighted by molar-refractivity contribution is 6.31. The predicted molar refractivity (Wildman–Crippen MR) is 109 cm³/mol. The van der Waals surface area contributed by atoms with Crippen LogP contribution in [0.1, 0.15) is 24.0 Å². The number of benzene rings is 2. The molecule has 0 heterocycles. The highest BCUT2D eigenvalue weighted by atomic mass is 35.5. The van der Waals surface area contributed by atoms with Gasteiger partial charge in [-0.15, -0.1) is 0 Å². The van der Waals surface area contributed by atoms with Crippen molar-refractivity contribution in [3.8, 4) is 11.5 Å². The van der Waals surface area contributed by atoms with E-state index >= 15 is 0 Å². The molecule has 0 spiro atoms. The topological polar surface area (TPSA) is 52.6 Å². The molecule has 0 bridgehead atoms. The summed E-state index contributed by atoms with van der Waals surface area (Å²) in [7, 11) is 0. The Bertz CT molecular complexity index is 861. The predicted octanol–water partition coefficient (Wildman–Crippen LogP) is 5.70. The molecule has 4 nitrogen and oxygen atoms in total. The number of carbonyl (C=O) groups excluding carboxylic acids is 2. The van der Waals surface area contributed by atoms with Crippen LogP contribution in [0.4, 0.5) is 0 Å². The number of rotatable bonds is 4. The zero-order valence-electron chi connectivity index (χ0n) is 15.6. The van der Waals surface area contributed by atoms with Crippen LogP contribution in [-0.4, -0.2) is 11.9 Å². The maximum Gasteiger partial charge on any atom is 0.315 e. The molecule has 0 amide bonds. The van der Waals surface area contributed by atoms with Gasteiger partial charge >= 0.3 is 11.9 Å². The lowest BCUT2D eigenvalue weighted by molar-refractivity contribution is -0.150. The molecule has 2 unspecified atom stereocenters. The fourth-order valence-electron chi connectivity index (χ4n) is 3.08. The SMILES string of the molecule is Cc1cc(OC(=O)C2CC=CCC2C(=O)Oc2ccc(Cl)c(C)c2)ccc1Cl. The van der Waals surface area contributed by atoms with E-state index in [2.05, 4.69) is 0 Å². The van der Waals surface area contributed by atoms with Crippen LogP contribution in [0.25, 0.3) is 0 Å². The van der Waals surface area contributed by atoms with Gasteiger partial charge in [0.05, 0.1) is 11.8 Å². The van der Waals surface area contributed by atoms with Gasteiger partial charge in [0.1, 0.15) is 11.5 Å². The van der Waals surface area contributed by atoms with Crippen molar-refractivity contribution >= 4 is 35.1 Å². The van der Waals surface area contributed by atoms with Crippen LogP contribution in [0.2, 0.25) is 10.0 Å². The van der Waals surface area contributed by atoms with E-state index in [0.29, 0.717) is 34.4 Å². The zero-order chi connectivity index (χ0) is 20.3. The first-order valence-electron chi connectivity index (χ1n) is 8.96. The van der Waals surface area contributed by atoms with Gasteiger partial charge in [0.2, 0.25) is 0 Å². The highest BCUT2D eigenvalue weighted by Crippen LogP contribution is 2.31. The molecule has 2 atom stereocenters. The van der Waals surface area contributed by atoms with Gasteiger partial charge in [0.25, 0.3) is 0 Å². The maximum atomic E-state index is 12.7. The Labute approximate surface area is 174 Å². The van der Waals surface area contributed by atoms with E-state index in [-0.39, 0.29) is 0 Å². The second-order valence-electron chi connectivity index (χ2n) is 6.82. The van der Waals surface area contributed by atoms with Gasteiger partial charge in [-0.05, 0) is 74.2 Å². The lowest BCUT2D eigenvalue weighted by Gasteiger charge is -2.25. The molecule has 0 saturated heterocycles. The molecule has 6 heteroatoms. The number of allylic oxidation sites excluding steroid dienone is 2. The minimum atomic E-state index is -0.609. The Morgan fingerprint density at radius 1 is 0.786 bits per heavy atom. The number of carbonyl (C=O) groups is 2. The average Bonchev–Trinajstić information content (AvgIpc) is 2.67. The van der Waals surface area contributed by atoms with E-state index < -0.39 is 23.8 Å². The number of ether oxygens (including phenoxy) is 2. The van der Waals surface area contributed by atoms with Crippen LogP contribution < -0.4 is 9.47 Å². The Morgan fingerprint density at radius 2 is 1.18 bits per heavy atom. The third-order valence-electron chi connectivity index (χ3n) is 4.73. The first-order valence-corrected chi connectivity index (χ1v) is 9.71. The molecule has 3 rings (SSSR count). The molecule has 146 valence electrons. The molecule has 0 fully saturated rings. The largest absolute Gasteiger partial charge is 0.426 e. The Morgan fingerprint density at radius 3 is 1.54 bits per heavy atom. The number of esters is 2. The molecule has 2 aromatic rings. The third-order valence-corrected chi connectivity index (χ3v) is 5.58. The van der Waals surface area contributed by atoms with Crippen molar-refractivity contribution < 1.29 is 19.1 Å². The van der Waals surface area contributed by atoms with Crippen LogP contribution in [-0.2, 0) is 9.59 Å². The number of halogens is 2. The molecular formula is C22H20Cl2O4. The van der Waals surface area contributed by atoms with E-state index in [1.807, 2.05) is 26.0 Å². The van der Waals surface area contributed by atoms with Gasteiger partial charge < -0.3 is 9.47 Å². The molecule has 2 aromatic carbocycles. The summed E-state index contributed by atoms with van der Waals surface area (Å²) in [5.74, 6) is -1.33. The monoisotopic (exact) mass is 418 g/mol. The van der Waals surface area contributed by atoms with Gasteiger partial charge in [0.15, 0.2) is 0 Å². The molecule has 0 saturated carbocycles. The van der Waals surface area contributed by atoms with Gasteiger partial charge in [-0.1, -0.05) is 35.4 Å². The first kappa shape index (κ1) is 20.4. The maximum absolute atomic E-state index is 12.7. The van der Waals surface area contributed by atoms with Gasteiger partial charge in [-0.3, -0.25) is 9.59 Å². The van der Waals surface area contributed by atoms with Crippen LogP contribution in [0.5, 0.6) is 11.5 Å². The molecule has 28 heavy (non-hydrogen) atoms. The summed E-state index contributed by atoms with van der Waals surface area (Å²) in [6, 6.07) is 10.0. The summed E-state index contributed by atoms with van der Waals surface area (Å²) in [5.41, 5.74) is 1.62. The van der Waals surface area contributed by atoms with E-state index in [0.717, 1.165) is 11.1 Å². The second-order valence-corrected chi connectivity index (χ2v) is 7.63.